The van der Waals surface area contributed by atoms with E-state index in [4.69, 9.17) is 4.74 Å². The summed E-state index contributed by atoms with van der Waals surface area (Å²) in [6.07, 6.45) is 23.4. The summed E-state index contributed by atoms with van der Waals surface area (Å²) >= 11 is 0. The van der Waals surface area contributed by atoms with E-state index in [1.54, 1.807) is 0 Å². The molecule has 0 unspecified atom stereocenters. The van der Waals surface area contributed by atoms with Gasteiger partial charge in [-0.2, -0.15) is 0 Å². The van der Waals surface area contributed by atoms with E-state index in [0.29, 0.717) is 11.7 Å². The number of unbranched alkanes of at least 4 members (excludes halogenated alkanes) is 3. The van der Waals surface area contributed by atoms with Crippen LogP contribution in [-0.4, -0.2) is 5.97 Å². The van der Waals surface area contributed by atoms with Crippen molar-refractivity contribution < 1.29 is 9.53 Å². The molecule has 0 saturated heterocycles. The van der Waals surface area contributed by atoms with Crippen LogP contribution >= 0.6 is 0 Å². The van der Waals surface area contributed by atoms with E-state index in [0.717, 1.165) is 30.2 Å². The van der Waals surface area contributed by atoms with Crippen LogP contribution in [0.3, 0.4) is 0 Å². The highest BCUT2D eigenvalue weighted by molar-refractivity contribution is 5.75. The first-order chi connectivity index (χ1) is 16.7. The Bertz CT molecular complexity index is 794. The molecule has 0 atom stereocenters. The van der Waals surface area contributed by atoms with E-state index in [2.05, 4.69) is 31.8 Å². The minimum absolute atomic E-state index is 0.0572. The van der Waals surface area contributed by atoms with Gasteiger partial charge in [0.15, 0.2) is 0 Å². The van der Waals surface area contributed by atoms with Crippen molar-refractivity contribution in [1.29, 1.82) is 0 Å². The van der Waals surface area contributed by atoms with Gasteiger partial charge in [0.1, 0.15) is 5.75 Å². The number of benzene rings is 1. The van der Waals surface area contributed by atoms with Crippen LogP contribution < -0.4 is 4.74 Å². The normalized spacial score (nSPS) is 25.0. The SMILES string of the molecule is CCCCC[C@H]1CC[C@H](C(=O)Oc2ccc(C#CC=C[C@H]3CC[C@H](CCCC)CC3)cc2)CC1. The molecule has 0 aliphatic heterocycles. The predicted octanol–water partition coefficient (Wildman–Crippen LogP) is 8.88. The number of carbonyl (C=O) groups excluding carboxylic acids is 1. The Morgan fingerprint density at radius 1 is 0.853 bits per heavy atom. The summed E-state index contributed by atoms with van der Waals surface area (Å²) in [5.41, 5.74) is 0.959. The van der Waals surface area contributed by atoms with Gasteiger partial charge in [-0.05, 0) is 99.5 Å². The Morgan fingerprint density at radius 3 is 2.12 bits per heavy atom. The summed E-state index contributed by atoms with van der Waals surface area (Å²) in [5, 5.41) is 0. The van der Waals surface area contributed by atoms with Crippen LogP contribution in [0.25, 0.3) is 0 Å². The first kappa shape index (κ1) is 26.6. The molecule has 2 aliphatic rings. The molecule has 34 heavy (non-hydrogen) atoms. The van der Waals surface area contributed by atoms with E-state index in [-0.39, 0.29) is 11.9 Å². The number of esters is 1. The van der Waals surface area contributed by atoms with E-state index < -0.39 is 0 Å². The summed E-state index contributed by atoms with van der Waals surface area (Å²) in [6, 6.07) is 7.65. The van der Waals surface area contributed by atoms with Crippen LogP contribution in [0.2, 0.25) is 0 Å². The Balaban J connectivity index is 1.37. The minimum Gasteiger partial charge on any atom is -0.426 e. The Labute approximate surface area is 208 Å². The largest absolute Gasteiger partial charge is 0.426 e. The summed E-state index contributed by atoms with van der Waals surface area (Å²) in [4.78, 5) is 12.6. The second kappa shape index (κ2) is 15.1. The lowest BCUT2D eigenvalue weighted by molar-refractivity contribution is -0.140. The third-order valence-electron chi connectivity index (χ3n) is 7.99. The Kier molecular flexibility index (Phi) is 11.8. The molecule has 1 aromatic rings. The van der Waals surface area contributed by atoms with Crippen molar-refractivity contribution in [3.63, 3.8) is 0 Å². The summed E-state index contributed by atoms with van der Waals surface area (Å²) in [5.74, 6) is 9.50. The zero-order valence-electron chi connectivity index (χ0n) is 21.7. The van der Waals surface area contributed by atoms with Crippen molar-refractivity contribution in [1.82, 2.24) is 0 Å². The Hall–Kier alpha value is -2.01. The second-order valence-corrected chi connectivity index (χ2v) is 10.7. The van der Waals surface area contributed by atoms with Crippen molar-refractivity contribution >= 4 is 5.97 Å². The van der Waals surface area contributed by atoms with E-state index >= 15 is 0 Å². The molecule has 0 spiro atoms. The number of allylic oxidation sites excluding steroid dienone is 2. The second-order valence-electron chi connectivity index (χ2n) is 10.7. The standard InChI is InChI=1S/C32H46O2/c1-3-5-7-11-28-18-22-30(23-19-28)32(33)34-31-24-20-29(21-25-31)13-9-8-12-27-16-14-26(15-17-27)10-6-4-2/h8,12,20-21,24-28,30H,3-7,10-11,14-19,22-23H2,1-2H3/t26-,27-,28-,30-. The Morgan fingerprint density at radius 2 is 1.47 bits per heavy atom. The topological polar surface area (TPSA) is 26.3 Å². The van der Waals surface area contributed by atoms with E-state index in [9.17, 15) is 4.79 Å². The van der Waals surface area contributed by atoms with Crippen molar-refractivity contribution in [2.45, 2.75) is 110 Å². The predicted molar refractivity (Wildman–Crippen MR) is 143 cm³/mol. The molecular weight excluding hydrogens is 416 g/mol. The van der Waals surface area contributed by atoms with Gasteiger partial charge in [-0.25, -0.2) is 0 Å². The fourth-order valence-corrected chi connectivity index (χ4v) is 5.65. The minimum atomic E-state index is -0.0572. The smallest absolute Gasteiger partial charge is 0.314 e. The fraction of sp³-hybridized carbons (Fsp3) is 0.656. The molecule has 0 radical (unpaired) electrons. The van der Waals surface area contributed by atoms with Gasteiger partial charge in [-0.3, -0.25) is 4.79 Å². The lowest BCUT2D eigenvalue weighted by Crippen LogP contribution is -2.25. The lowest BCUT2D eigenvalue weighted by atomic mass is 9.80. The fourth-order valence-electron chi connectivity index (χ4n) is 5.65. The van der Waals surface area contributed by atoms with Crippen LogP contribution in [0.15, 0.2) is 36.4 Å². The molecule has 3 rings (SSSR count). The van der Waals surface area contributed by atoms with Gasteiger partial charge < -0.3 is 4.74 Å². The van der Waals surface area contributed by atoms with Gasteiger partial charge in [-0.15, -0.1) is 0 Å². The zero-order valence-corrected chi connectivity index (χ0v) is 21.7. The van der Waals surface area contributed by atoms with E-state index in [1.807, 2.05) is 30.3 Å². The van der Waals surface area contributed by atoms with E-state index in [1.165, 1.54) is 83.5 Å². The first-order valence-electron chi connectivity index (χ1n) is 14.2. The highest BCUT2D eigenvalue weighted by atomic mass is 16.5. The van der Waals surface area contributed by atoms with Crippen LogP contribution in [0, 0.1) is 35.5 Å². The average Bonchev–Trinajstić information content (AvgIpc) is 2.87. The van der Waals surface area contributed by atoms with Gasteiger partial charge in [0.05, 0.1) is 5.92 Å². The van der Waals surface area contributed by atoms with Crippen LogP contribution in [-0.2, 0) is 4.79 Å². The molecule has 2 heteroatoms. The van der Waals surface area contributed by atoms with Gasteiger partial charge in [0.25, 0.3) is 0 Å². The van der Waals surface area contributed by atoms with Crippen molar-refractivity contribution in [2.75, 3.05) is 0 Å². The molecule has 0 bridgehead atoms. The van der Waals surface area contributed by atoms with Crippen LogP contribution in [0.5, 0.6) is 5.75 Å². The number of hydrogen-bond donors (Lipinski definition) is 0. The number of carbonyl (C=O) groups is 1. The summed E-state index contributed by atoms with van der Waals surface area (Å²) in [6.45, 7) is 4.54. The van der Waals surface area contributed by atoms with Crippen molar-refractivity contribution in [2.24, 2.45) is 23.7 Å². The highest BCUT2D eigenvalue weighted by Gasteiger charge is 2.27. The maximum absolute atomic E-state index is 12.6. The third kappa shape index (κ3) is 9.32. The molecule has 2 nitrogen and oxygen atoms in total. The quantitative estimate of drug-likeness (QED) is 0.150. The molecule has 0 N–H and O–H groups in total. The zero-order chi connectivity index (χ0) is 24.0. The third-order valence-corrected chi connectivity index (χ3v) is 7.99. The highest BCUT2D eigenvalue weighted by Crippen LogP contribution is 2.33. The van der Waals surface area contributed by atoms with Gasteiger partial charge in [0, 0.05) is 5.56 Å². The number of ether oxygens (including phenoxy) is 1. The average molecular weight is 463 g/mol. The van der Waals surface area contributed by atoms with Crippen molar-refractivity contribution in [3.8, 4) is 17.6 Å². The lowest BCUT2D eigenvalue weighted by Gasteiger charge is -2.27. The first-order valence-corrected chi connectivity index (χ1v) is 14.2. The van der Waals surface area contributed by atoms with Crippen LogP contribution in [0.4, 0.5) is 0 Å². The molecule has 0 amide bonds. The number of hydrogen-bond acceptors (Lipinski definition) is 2. The summed E-state index contributed by atoms with van der Waals surface area (Å²) in [7, 11) is 0. The van der Waals surface area contributed by atoms with Gasteiger partial charge in [-0.1, -0.05) is 76.7 Å². The maximum atomic E-state index is 12.6. The maximum Gasteiger partial charge on any atom is 0.314 e. The van der Waals surface area contributed by atoms with Crippen LogP contribution in [0.1, 0.15) is 116 Å². The summed E-state index contributed by atoms with van der Waals surface area (Å²) < 4.78 is 5.68. The number of rotatable bonds is 10. The molecule has 0 aromatic heterocycles. The molecule has 186 valence electrons. The van der Waals surface area contributed by atoms with Crippen molar-refractivity contribution in [3.05, 3.63) is 42.0 Å². The van der Waals surface area contributed by atoms with Gasteiger partial charge >= 0.3 is 5.97 Å². The molecule has 0 heterocycles. The monoisotopic (exact) mass is 462 g/mol. The molecule has 2 fully saturated rings. The molecule has 2 aliphatic carbocycles. The molecule has 2 saturated carbocycles. The van der Waals surface area contributed by atoms with Gasteiger partial charge in [0.2, 0.25) is 0 Å². The molecular formula is C32H46O2. The molecule has 1 aromatic carbocycles.